The zero-order valence-electron chi connectivity index (χ0n) is 14.5. The van der Waals surface area contributed by atoms with Crippen LogP contribution in [0.4, 0.5) is 14.5 Å². The Bertz CT molecular complexity index is 1080. The van der Waals surface area contributed by atoms with Crippen molar-refractivity contribution >= 4 is 40.4 Å². The number of nitrogens with one attached hydrogen (secondary N) is 3. The minimum atomic E-state index is -2.69. The van der Waals surface area contributed by atoms with E-state index in [4.69, 9.17) is 4.74 Å². The van der Waals surface area contributed by atoms with Crippen LogP contribution in [0.15, 0.2) is 52.2 Å². The fraction of sp³-hybridized carbons (Fsp3) is 0.167. The number of halogens is 2. The van der Waals surface area contributed by atoms with E-state index in [9.17, 15) is 23.2 Å². The summed E-state index contributed by atoms with van der Waals surface area (Å²) in [5.41, 5.74) is 1.06. The maximum absolute atomic E-state index is 12.6. The molecular formula is C18H15F2N3O4S. The van der Waals surface area contributed by atoms with Crippen LogP contribution >= 0.6 is 11.8 Å². The first-order chi connectivity index (χ1) is 13.3. The molecule has 1 heterocycles. The van der Waals surface area contributed by atoms with Crippen molar-refractivity contribution in [3.05, 3.63) is 58.5 Å². The van der Waals surface area contributed by atoms with E-state index in [1.54, 1.807) is 18.2 Å². The summed E-state index contributed by atoms with van der Waals surface area (Å²) in [6.45, 7) is 1.37. The van der Waals surface area contributed by atoms with E-state index in [1.165, 1.54) is 31.2 Å². The van der Waals surface area contributed by atoms with Gasteiger partial charge in [-0.05, 0) is 37.3 Å². The summed E-state index contributed by atoms with van der Waals surface area (Å²) in [6, 6.07) is 10.5. The van der Waals surface area contributed by atoms with Gasteiger partial charge in [0, 0.05) is 10.6 Å². The fourth-order valence-corrected chi connectivity index (χ4v) is 3.09. The average molecular weight is 407 g/mol. The van der Waals surface area contributed by atoms with Crippen LogP contribution in [0.25, 0.3) is 11.0 Å². The van der Waals surface area contributed by atoms with Gasteiger partial charge in [-0.1, -0.05) is 23.9 Å². The normalized spacial score (nSPS) is 12.1. The van der Waals surface area contributed by atoms with E-state index in [0.717, 1.165) is 0 Å². The SMILES string of the molecule is C[C@@H](OC(=O)c1ccccc1SC(F)F)C(=O)Nc1ccc2[nH]c(=O)[nH]c2c1. The predicted octanol–water partition coefficient (Wildman–Crippen LogP) is 3.35. The van der Waals surface area contributed by atoms with Crippen molar-refractivity contribution in [2.45, 2.75) is 23.7 Å². The number of carbonyl (C=O) groups excluding carboxylic acids is 2. The monoisotopic (exact) mass is 407 g/mol. The van der Waals surface area contributed by atoms with Gasteiger partial charge in [0.15, 0.2) is 6.10 Å². The molecule has 0 spiro atoms. The molecule has 1 amide bonds. The molecule has 0 aliphatic heterocycles. The number of hydrogen-bond acceptors (Lipinski definition) is 5. The minimum Gasteiger partial charge on any atom is -0.449 e. The number of hydrogen-bond donors (Lipinski definition) is 3. The lowest BCUT2D eigenvalue weighted by molar-refractivity contribution is -0.123. The third-order valence-corrected chi connectivity index (χ3v) is 4.55. The lowest BCUT2D eigenvalue weighted by Gasteiger charge is -2.15. The van der Waals surface area contributed by atoms with Crippen molar-refractivity contribution in [3.8, 4) is 0 Å². The number of alkyl halides is 2. The van der Waals surface area contributed by atoms with Crippen molar-refractivity contribution in [1.82, 2.24) is 9.97 Å². The molecule has 0 fully saturated rings. The van der Waals surface area contributed by atoms with Gasteiger partial charge in [0.25, 0.3) is 11.7 Å². The number of benzene rings is 2. The van der Waals surface area contributed by atoms with Crippen molar-refractivity contribution in [2.75, 3.05) is 5.32 Å². The van der Waals surface area contributed by atoms with Crippen LogP contribution in [0.2, 0.25) is 0 Å². The maximum Gasteiger partial charge on any atom is 0.340 e. The van der Waals surface area contributed by atoms with E-state index in [-0.39, 0.29) is 27.9 Å². The van der Waals surface area contributed by atoms with Crippen molar-refractivity contribution in [2.24, 2.45) is 0 Å². The van der Waals surface area contributed by atoms with Gasteiger partial charge in [-0.3, -0.25) is 4.79 Å². The Kier molecular flexibility index (Phi) is 5.78. The molecule has 0 radical (unpaired) electrons. The molecule has 0 saturated carbocycles. The molecule has 7 nitrogen and oxygen atoms in total. The van der Waals surface area contributed by atoms with Gasteiger partial charge in [-0.2, -0.15) is 8.78 Å². The summed E-state index contributed by atoms with van der Waals surface area (Å²) in [4.78, 5) is 41.1. The molecule has 0 bridgehead atoms. The van der Waals surface area contributed by atoms with Crippen molar-refractivity contribution in [3.63, 3.8) is 0 Å². The number of aromatic amines is 2. The van der Waals surface area contributed by atoms with E-state index in [2.05, 4.69) is 15.3 Å². The highest BCUT2D eigenvalue weighted by Crippen LogP contribution is 2.29. The first kappa shape index (κ1) is 19.6. The highest BCUT2D eigenvalue weighted by atomic mass is 32.2. The molecule has 10 heteroatoms. The van der Waals surface area contributed by atoms with Gasteiger partial charge >= 0.3 is 11.7 Å². The Morgan fingerprint density at radius 2 is 1.82 bits per heavy atom. The van der Waals surface area contributed by atoms with Crippen LogP contribution in [-0.4, -0.2) is 33.7 Å². The second-order valence-electron chi connectivity index (χ2n) is 5.75. The molecule has 0 saturated heterocycles. The molecule has 3 N–H and O–H groups in total. The largest absolute Gasteiger partial charge is 0.449 e. The Labute approximate surface area is 161 Å². The molecule has 1 aromatic heterocycles. The first-order valence-electron chi connectivity index (χ1n) is 8.11. The number of thioether (sulfide) groups is 1. The Balaban J connectivity index is 1.68. The van der Waals surface area contributed by atoms with Crippen LogP contribution in [-0.2, 0) is 9.53 Å². The molecule has 146 valence electrons. The van der Waals surface area contributed by atoms with Crippen molar-refractivity contribution in [1.29, 1.82) is 0 Å². The summed E-state index contributed by atoms with van der Waals surface area (Å²) in [5, 5.41) is 2.57. The van der Waals surface area contributed by atoms with Crippen LogP contribution < -0.4 is 11.0 Å². The van der Waals surface area contributed by atoms with Crippen LogP contribution in [0.1, 0.15) is 17.3 Å². The summed E-state index contributed by atoms with van der Waals surface area (Å²) in [6.07, 6.45) is -1.17. The smallest absolute Gasteiger partial charge is 0.340 e. The highest BCUT2D eigenvalue weighted by molar-refractivity contribution is 7.99. The standard InChI is InChI=1S/C18H15F2N3O4S/c1-9(27-16(25)11-4-2-3-5-14(11)28-17(19)20)15(24)21-10-6-7-12-13(8-10)23-18(26)22-12/h2-9,17H,1H3,(H,21,24)(H2,22,23,26)/t9-/m1/s1. The molecular weight excluding hydrogens is 392 g/mol. The van der Waals surface area contributed by atoms with E-state index < -0.39 is 23.7 Å². The molecule has 0 unspecified atom stereocenters. The highest BCUT2D eigenvalue weighted by Gasteiger charge is 2.22. The number of fused-ring (bicyclic) bond motifs is 1. The van der Waals surface area contributed by atoms with Crippen LogP contribution in [0.3, 0.4) is 0 Å². The molecule has 2 aromatic carbocycles. The second-order valence-corrected chi connectivity index (χ2v) is 6.78. The molecule has 0 aliphatic carbocycles. The number of carbonyl (C=O) groups is 2. The molecule has 3 aromatic rings. The van der Waals surface area contributed by atoms with Gasteiger partial charge < -0.3 is 20.0 Å². The summed E-state index contributed by atoms with van der Waals surface area (Å²) < 4.78 is 30.4. The van der Waals surface area contributed by atoms with Gasteiger partial charge in [-0.25, -0.2) is 9.59 Å². The van der Waals surface area contributed by atoms with Gasteiger partial charge in [0.2, 0.25) is 0 Å². The van der Waals surface area contributed by atoms with Gasteiger partial charge in [0.05, 0.1) is 16.6 Å². The second kappa shape index (κ2) is 8.26. The topological polar surface area (TPSA) is 104 Å². The minimum absolute atomic E-state index is 0.0428. The zero-order chi connectivity index (χ0) is 20.3. The third kappa shape index (κ3) is 4.58. The number of amides is 1. The average Bonchev–Trinajstić information content (AvgIpc) is 3.00. The quantitative estimate of drug-likeness (QED) is 0.429. The maximum atomic E-state index is 12.6. The van der Waals surface area contributed by atoms with Gasteiger partial charge in [-0.15, -0.1) is 0 Å². The summed E-state index contributed by atoms with van der Waals surface area (Å²) in [7, 11) is 0. The predicted molar refractivity (Wildman–Crippen MR) is 101 cm³/mol. The number of ether oxygens (including phenoxy) is 1. The third-order valence-electron chi connectivity index (χ3n) is 3.76. The van der Waals surface area contributed by atoms with Crippen molar-refractivity contribution < 1.29 is 23.1 Å². The number of rotatable bonds is 6. The molecule has 1 atom stereocenters. The molecule has 28 heavy (non-hydrogen) atoms. The Morgan fingerprint density at radius 3 is 2.57 bits per heavy atom. The number of imidazole rings is 1. The van der Waals surface area contributed by atoms with E-state index in [1.807, 2.05) is 0 Å². The Morgan fingerprint density at radius 1 is 1.11 bits per heavy atom. The van der Waals surface area contributed by atoms with E-state index in [0.29, 0.717) is 16.7 Å². The van der Waals surface area contributed by atoms with Crippen LogP contribution in [0.5, 0.6) is 0 Å². The molecule has 0 aliphatic rings. The lowest BCUT2D eigenvalue weighted by atomic mass is 10.2. The number of esters is 1. The first-order valence-corrected chi connectivity index (χ1v) is 8.99. The summed E-state index contributed by atoms with van der Waals surface area (Å²) >= 11 is 0.228. The zero-order valence-corrected chi connectivity index (χ0v) is 15.3. The Hall–Kier alpha value is -3.14. The summed E-state index contributed by atoms with van der Waals surface area (Å²) in [5.74, 6) is -4.18. The number of H-pyrrole nitrogens is 2. The van der Waals surface area contributed by atoms with Gasteiger partial charge in [0.1, 0.15) is 0 Å². The number of anilines is 1. The van der Waals surface area contributed by atoms with E-state index >= 15 is 0 Å². The lowest BCUT2D eigenvalue weighted by Crippen LogP contribution is -2.30. The van der Waals surface area contributed by atoms with Crippen LogP contribution in [0, 0.1) is 0 Å². The fourth-order valence-electron chi connectivity index (χ4n) is 2.47. The molecule has 3 rings (SSSR count). The number of aromatic nitrogens is 2.